The molecule has 1 aliphatic rings. The number of aryl methyl sites for hydroxylation is 1. The van der Waals surface area contributed by atoms with Crippen molar-refractivity contribution in [3.05, 3.63) is 99.5 Å². The van der Waals surface area contributed by atoms with Crippen molar-refractivity contribution < 1.29 is 13.9 Å². The highest BCUT2D eigenvalue weighted by Gasteiger charge is 2.36. The van der Waals surface area contributed by atoms with Crippen molar-refractivity contribution in [3.63, 3.8) is 0 Å². The summed E-state index contributed by atoms with van der Waals surface area (Å²) >= 11 is 0. The van der Waals surface area contributed by atoms with Gasteiger partial charge in [-0.15, -0.1) is 0 Å². The molecule has 0 amide bonds. The summed E-state index contributed by atoms with van der Waals surface area (Å²) in [5.74, 6) is 0.160. The molecule has 0 aliphatic carbocycles. The van der Waals surface area contributed by atoms with E-state index in [4.69, 9.17) is 19.6 Å². The maximum atomic E-state index is 13.2. The zero-order valence-corrected chi connectivity index (χ0v) is 18.7. The lowest BCUT2D eigenvalue weighted by molar-refractivity contribution is 0.388. The zero-order chi connectivity index (χ0) is 23.8. The molecule has 2 N–H and O–H groups in total. The molecular formula is C28H25N3O4. The second-order valence-corrected chi connectivity index (χ2v) is 7.94. The molecule has 3 heterocycles. The Morgan fingerprint density at radius 1 is 1.20 bits per heavy atom. The van der Waals surface area contributed by atoms with Gasteiger partial charge < -0.3 is 19.6 Å². The van der Waals surface area contributed by atoms with Crippen LogP contribution in [0.2, 0.25) is 0 Å². The number of pyridine rings is 1. The third-order valence-electron chi connectivity index (χ3n) is 6.07. The number of nitrogens with two attached hydrogens (primary N) is 1. The number of hydrogen-bond acceptors (Lipinski definition) is 7. The highest BCUT2D eigenvalue weighted by Crippen LogP contribution is 2.45. The zero-order valence-electron chi connectivity index (χ0n) is 18.7. The highest BCUT2D eigenvalue weighted by molar-refractivity contribution is 5.87. The Kier molecular flexibility index (Phi) is 6.30. The number of benzene rings is 2. The number of nitrogens with zero attached hydrogens (tertiary/aromatic N) is 2. The lowest BCUT2D eigenvalue weighted by Gasteiger charge is -2.26. The fourth-order valence-electron chi connectivity index (χ4n) is 4.37. The van der Waals surface area contributed by atoms with Gasteiger partial charge in [0, 0.05) is 23.5 Å². The fraction of sp³-hybridized carbons (Fsp3) is 0.179. The average molecular weight is 468 g/mol. The van der Waals surface area contributed by atoms with E-state index >= 15 is 0 Å². The number of nitriles is 1. The van der Waals surface area contributed by atoms with Crippen molar-refractivity contribution in [2.24, 2.45) is 5.73 Å². The first-order chi connectivity index (χ1) is 16.5. The summed E-state index contributed by atoms with van der Waals surface area (Å²) in [4.78, 5) is 17.4. The number of hydrogen-bond donors (Lipinski definition) is 1. The Balaban J connectivity index is 0.00000289. The van der Waals surface area contributed by atoms with Crippen LogP contribution in [0.5, 0.6) is 11.5 Å². The third-order valence-corrected chi connectivity index (χ3v) is 6.07. The predicted molar refractivity (Wildman–Crippen MR) is 134 cm³/mol. The molecule has 0 bridgehead atoms. The van der Waals surface area contributed by atoms with Gasteiger partial charge in [-0.05, 0) is 47.9 Å². The van der Waals surface area contributed by atoms with Crippen LogP contribution in [0.25, 0.3) is 22.1 Å². The molecule has 1 unspecified atom stereocenters. The molecule has 4 aromatic rings. The monoisotopic (exact) mass is 467 g/mol. The number of methoxy groups -OCH3 is 1. The summed E-state index contributed by atoms with van der Waals surface area (Å²) in [6, 6.07) is 17.0. The fourth-order valence-corrected chi connectivity index (χ4v) is 4.37. The Labute approximate surface area is 203 Å². The maximum absolute atomic E-state index is 13.2. The summed E-state index contributed by atoms with van der Waals surface area (Å²) in [6.45, 7) is 2.04. The first-order valence-corrected chi connectivity index (χ1v) is 10.8. The number of aromatic nitrogens is 1. The quantitative estimate of drug-likeness (QED) is 0.406. The first-order valence-electron chi connectivity index (χ1n) is 10.8. The van der Waals surface area contributed by atoms with Crippen LogP contribution in [0.4, 0.5) is 0 Å². The van der Waals surface area contributed by atoms with Crippen molar-refractivity contribution in [2.75, 3.05) is 7.11 Å². The summed E-state index contributed by atoms with van der Waals surface area (Å²) in [7, 11) is 1.59. The molecule has 1 aliphatic heterocycles. The second-order valence-electron chi connectivity index (χ2n) is 7.94. The van der Waals surface area contributed by atoms with Gasteiger partial charge in [-0.25, -0.2) is 4.79 Å². The number of rotatable bonds is 4. The van der Waals surface area contributed by atoms with Crippen molar-refractivity contribution in [1.29, 1.82) is 5.26 Å². The van der Waals surface area contributed by atoms with Gasteiger partial charge in [0.1, 0.15) is 23.0 Å². The van der Waals surface area contributed by atoms with Gasteiger partial charge in [-0.3, -0.25) is 4.98 Å². The van der Waals surface area contributed by atoms with Crippen LogP contribution < -0.4 is 20.8 Å². The van der Waals surface area contributed by atoms with E-state index in [9.17, 15) is 10.1 Å². The van der Waals surface area contributed by atoms with E-state index in [1.165, 1.54) is 0 Å². The molecule has 176 valence electrons. The minimum absolute atomic E-state index is 0. The molecule has 0 radical (unpaired) electrons. The van der Waals surface area contributed by atoms with E-state index in [2.05, 4.69) is 11.1 Å². The van der Waals surface area contributed by atoms with E-state index < -0.39 is 11.5 Å². The molecule has 0 saturated heterocycles. The molecule has 0 fully saturated rings. The predicted octanol–water partition coefficient (Wildman–Crippen LogP) is 5.28. The summed E-state index contributed by atoms with van der Waals surface area (Å²) < 4.78 is 17.1. The Hall–Kier alpha value is -4.57. The van der Waals surface area contributed by atoms with Gasteiger partial charge >= 0.3 is 5.63 Å². The molecule has 0 spiro atoms. The first kappa shape index (κ1) is 23.6. The van der Waals surface area contributed by atoms with Crippen molar-refractivity contribution in [1.82, 2.24) is 4.98 Å². The van der Waals surface area contributed by atoms with Gasteiger partial charge in [0.15, 0.2) is 5.75 Å². The number of allylic oxidation sites excluding steroid dienone is 1. The minimum Gasteiger partial charge on any atom is -0.496 e. The lowest BCUT2D eigenvalue weighted by Crippen LogP contribution is -2.26. The van der Waals surface area contributed by atoms with Crippen LogP contribution in [0.1, 0.15) is 37.0 Å². The summed E-state index contributed by atoms with van der Waals surface area (Å²) in [5.41, 5.74) is 9.78. The van der Waals surface area contributed by atoms with E-state index in [1.807, 2.05) is 43.3 Å². The molecule has 7 heteroatoms. The van der Waals surface area contributed by atoms with Crippen molar-refractivity contribution >= 4 is 11.0 Å². The van der Waals surface area contributed by atoms with Gasteiger partial charge in [0.2, 0.25) is 5.88 Å². The second kappa shape index (κ2) is 9.35. The molecule has 2 aromatic carbocycles. The van der Waals surface area contributed by atoms with E-state index in [-0.39, 0.29) is 24.4 Å². The van der Waals surface area contributed by atoms with Crippen LogP contribution >= 0.6 is 0 Å². The lowest BCUT2D eigenvalue weighted by atomic mass is 9.82. The minimum atomic E-state index is -0.763. The Bertz CT molecular complexity index is 1550. The molecule has 1 atom stereocenters. The Morgan fingerprint density at radius 3 is 2.71 bits per heavy atom. The normalized spacial score (nSPS) is 14.5. The van der Waals surface area contributed by atoms with Crippen LogP contribution in [-0.4, -0.2) is 12.1 Å². The van der Waals surface area contributed by atoms with E-state index in [0.717, 1.165) is 23.1 Å². The Morgan fingerprint density at radius 2 is 2.03 bits per heavy atom. The SMILES string of the molecule is C.CCc1ccc2oc(=O)c3c(c2c1)OC(N)=C(C#N)C3c1ccc(OC)c(-c2cccnc2)c1. The van der Waals surface area contributed by atoms with Crippen LogP contribution in [-0.2, 0) is 6.42 Å². The summed E-state index contributed by atoms with van der Waals surface area (Å²) in [5, 5.41) is 10.6. The smallest absolute Gasteiger partial charge is 0.344 e. The third kappa shape index (κ3) is 3.89. The van der Waals surface area contributed by atoms with Gasteiger partial charge in [0.05, 0.1) is 24.0 Å². The van der Waals surface area contributed by atoms with E-state index in [1.54, 1.807) is 31.6 Å². The highest BCUT2D eigenvalue weighted by atomic mass is 16.5. The molecule has 7 nitrogen and oxygen atoms in total. The van der Waals surface area contributed by atoms with Crippen molar-refractivity contribution in [2.45, 2.75) is 26.7 Å². The van der Waals surface area contributed by atoms with Crippen LogP contribution in [0, 0.1) is 11.3 Å². The number of ether oxygens (including phenoxy) is 2. The molecule has 0 saturated carbocycles. The average Bonchev–Trinajstić information content (AvgIpc) is 2.88. The standard InChI is InChI=1S/C27H21N3O4.CH4/c1-3-15-6-8-22-19(11-15)25-24(27(31)33-22)23(20(13-28)26(29)34-25)16-7-9-21(32-2)18(12-16)17-5-4-10-30-14-17;/h4-12,14,23H,3,29H2,1-2H3;1H4. The molecule has 2 aromatic heterocycles. The number of fused-ring (bicyclic) bond motifs is 3. The topological polar surface area (TPSA) is 111 Å². The molecule has 5 rings (SSSR count). The van der Waals surface area contributed by atoms with Gasteiger partial charge in [-0.1, -0.05) is 32.5 Å². The van der Waals surface area contributed by atoms with Gasteiger partial charge in [-0.2, -0.15) is 5.26 Å². The largest absolute Gasteiger partial charge is 0.496 e. The van der Waals surface area contributed by atoms with Gasteiger partial charge in [0.25, 0.3) is 0 Å². The van der Waals surface area contributed by atoms with E-state index in [0.29, 0.717) is 28.0 Å². The van der Waals surface area contributed by atoms with Crippen LogP contribution in [0.3, 0.4) is 0 Å². The maximum Gasteiger partial charge on any atom is 0.344 e. The summed E-state index contributed by atoms with van der Waals surface area (Å²) in [6.07, 6.45) is 4.21. The van der Waals surface area contributed by atoms with Crippen LogP contribution in [0.15, 0.2) is 81.6 Å². The van der Waals surface area contributed by atoms with Crippen molar-refractivity contribution in [3.8, 4) is 28.7 Å². The molecular weight excluding hydrogens is 442 g/mol. The molecule has 35 heavy (non-hydrogen) atoms.